The summed E-state index contributed by atoms with van der Waals surface area (Å²) in [6.07, 6.45) is 1.06. The van der Waals surface area contributed by atoms with E-state index < -0.39 is 5.92 Å². The van der Waals surface area contributed by atoms with Gasteiger partial charge in [0.2, 0.25) is 5.91 Å². The molecule has 148 valence electrons. The smallest absolute Gasteiger partial charge is 0.226 e. The van der Waals surface area contributed by atoms with Crippen molar-refractivity contribution in [3.05, 3.63) is 70.9 Å². The van der Waals surface area contributed by atoms with Crippen LogP contribution in [0.25, 0.3) is 5.69 Å². The van der Waals surface area contributed by atoms with Gasteiger partial charge in [0.05, 0.1) is 24.4 Å². The fraction of sp³-hybridized carbons (Fsp3) is 0.261. The van der Waals surface area contributed by atoms with Crippen LogP contribution in [0.15, 0.2) is 48.5 Å². The van der Waals surface area contributed by atoms with Gasteiger partial charge >= 0.3 is 0 Å². The van der Waals surface area contributed by atoms with E-state index >= 15 is 0 Å². The number of rotatable bonds is 5. The molecule has 2 aromatic carbocycles. The maximum Gasteiger partial charge on any atom is 0.226 e. The van der Waals surface area contributed by atoms with Gasteiger partial charge in [0.1, 0.15) is 11.6 Å². The van der Waals surface area contributed by atoms with E-state index in [9.17, 15) is 9.59 Å². The summed E-state index contributed by atoms with van der Waals surface area (Å²) in [6, 6.07) is 15.0. The number of fused-ring (bicyclic) bond motifs is 1. The highest BCUT2D eigenvalue weighted by atomic mass is 16.5. The van der Waals surface area contributed by atoms with Gasteiger partial charge in [-0.3, -0.25) is 9.59 Å². The van der Waals surface area contributed by atoms with Crippen LogP contribution in [-0.4, -0.2) is 28.6 Å². The maximum absolute atomic E-state index is 13.2. The van der Waals surface area contributed by atoms with Gasteiger partial charge in [-0.15, -0.1) is 0 Å². The number of ether oxygens (including phenoxy) is 1. The Morgan fingerprint density at radius 1 is 1.17 bits per heavy atom. The van der Waals surface area contributed by atoms with Gasteiger partial charge in [-0.2, -0.15) is 5.10 Å². The van der Waals surface area contributed by atoms with Crippen LogP contribution in [0.5, 0.6) is 5.75 Å². The molecule has 0 fully saturated rings. The molecule has 1 aliphatic heterocycles. The molecule has 1 atom stereocenters. The molecular weight excluding hydrogens is 366 g/mol. The van der Waals surface area contributed by atoms with Crippen LogP contribution >= 0.6 is 0 Å². The monoisotopic (exact) mass is 389 g/mol. The molecule has 0 bridgehead atoms. The Balaban J connectivity index is 1.75. The lowest BCUT2D eigenvalue weighted by Crippen LogP contribution is -2.28. The number of ketones is 1. The highest BCUT2D eigenvalue weighted by molar-refractivity contribution is 6.08. The molecule has 0 radical (unpaired) electrons. The quantitative estimate of drug-likeness (QED) is 0.668. The number of anilines is 1. The van der Waals surface area contributed by atoms with Crippen molar-refractivity contribution in [2.45, 2.75) is 32.6 Å². The number of hydrogen-bond donors (Lipinski definition) is 1. The number of aromatic nitrogens is 2. The van der Waals surface area contributed by atoms with Crippen molar-refractivity contribution >= 4 is 17.5 Å². The van der Waals surface area contributed by atoms with Gasteiger partial charge < -0.3 is 10.1 Å². The fourth-order valence-electron chi connectivity index (χ4n) is 3.79. The van der Waals surface area contributed by atoms with Gasteiger partial charge in [0, 0.05) is 17.5 Å². The van der Waals surface area contributed by atoms with Crippen molar-refractivity contribution in [2.75, 3.05) is 12.4 Å². The predicted octanol–water partition coefficient (Wildman–Crippen LogP) is 4.06. The first-order valence-electron chi connectivity index (χ1n) is 9.68. The number of carbonyl (C=O) groups is 2. The van der Waals surface area contributed by atoms with Crippen LogP contribution in [-0.2, 0) is 11.2 Å². The van der Waals surface area contributed by atoms with E-state index in [0.29, 0.717) is 17.1 Å². The van der Waals surface area contributed by atoms with Crippen molar-refractivity contribution in [3.63, 3.8) is 0 Å². The number of nitrogens with one attached hydrogen (secondary N) is 1. The summed E-state index contributed by atoms with van der Waals surface area (Å²) in [5, 5.41) is 7.56. The number of aryl methyl sites for hydroxylation is 2. The number of benzene rings is 2. The van der Waals surface area contributed by atoms with Crippen LogP contribution in [0.3, 0.4) is 0 Å². The van der Waals surface area contributed by atoms with E-state index in [1.165, 1.54) is 5.56 Å². The molecule has 6 heteroatoms. The summed E-state index contributed by atoms with van der Waals surface area (Å²) in [5.74, 6) is 0.428. The lowest BCUT2D eigenvalue weighted by molar-refractivity contribution is -0.116. The minimum absolute atomic E-state index is 0.0901. The topological polar surface area (TPSA) is 73.2 Å². The Morgan fingerprint density at radius 3 is 2.48 bits per heavy atom. The summed E-state index contributed by atoms with van der Waals surface area (Å²) in [5.41, 5.74) is 4.15. The van der Waals surface area contributed by atoms with Gasteiger partial charge in [-0.05, 0) is 55.3 Å². The van der Waals surface area contributed by atoms with Gasteiger partial charge in [0.15, 0.2) is 5.78 Å². The highest BCUT2D eigenvalue weighted by Gasteiger charge is 2.36. The largest absolute Gasteiger partial charge is 0.497 e. The third-order valence-corrected chi connectivity index (χ3v) is 5.38. The Hall–Kier alpha value is -3.41. The Kier molecular flexibility index (Phi) is 4.92. The molecule has 0 spiro atoms. The molecule has 1 N–H and O–H groups in total. The lowest BCUT2D eigenvalue weighted by atomic mass is 9.85. The second kappa shape index (κ2) is 7.54. The molecule has 0 saturated carbocycles. The second-order valence-electron chi connectivity index (χ2n) is 7.18. The van der Waals surface area contributed by atoms with Gasteiger partial charge in [-0.25, -0.2) is 4.68 Å². The average Bonchev–Trinajstić information content (AvgIpc) is 3.09. The van der Waals surface area contributed by atoms with E-state index in [4.69, 9.17) is 4.74 Å². The van der Waals surface area contributed by atoms with Crippen LogP contribution < -0.4 is 10.1 Å². The minimum atomic E-state index is -0.559. The van der Waals surface area contributed by atoms with Crippen molar-refractivity contribution in [1.82, 2.24) is 9.78 Å². The van der Waals surface area contributed by atoms with E-state index in [1.54, 1.807) is 36.1 Å². The predicted molar refractivity (Wildman–Crippen MR) is 111 cm³/mol. The maximum atomic E-state index is 13.2. The summed E-state index contributed by atoms with van der Waals surface area (Å²) >= 11 is 0. The molecule has 1 unspecified atom stereocenters. The number of amides is 1. The number of Topliss-reactive ketones (excluding diaryl/α,β-unsaturated/α-hetero) is 1. The van der Waals surface area contributed by atoms with E-state index in [-0.39, 0.29) is 18.1 Å². The van der Waals surface area contributed by atoms with Gasteiger partial charge in [0.25, 0.3) is 0 Å². The number of methoxy groups -OCH3 is 1. The standard InChI is InChI=1S/C23H23N3O3/c1-4-15-5-9-17(10-6-15)26-23-21(14(2)25-26)19(13-20(27)24-23)22(28)16-7-11-18(29-3)12-8-16/h5-12,19H,4,13H2,1-3H3,(H,24,27). The average molecular weight is 389 g/mol. The van der Waals surface area contributed by atoms with Crippen LogP contribution in [0.4, 0.5) is 5.82 Å². The molecule has 2 heterocycles. The molecule has 1 aliphatic rings. The van der Waals surface area contributed by atoms with E-state index in [2.05, 4.69) is 17.3 Å². The lowest BCUT2D eigenvalue weighted by Gasteiger charge is -2.23. The highest BCUT2D eigenvalue weighted by Crippen LogP contribution is 2.38. The zero-order chi connectivity index (χ0) is 20.5. The summed E-state index contributed by atoms with van der Waals surface area (Å²) in [4.78, 5) is 25.7. The fourth-order valence-corrected chi connectivity index (χ4v) is 3.79. The molecular formula is C23H23N3O3. The first kappa shape index (κ1) is 18.9. The Labute approximate surface area is 169 Å². The minimum Gasteiger partial charge on any atom is -0.497 e. The first-order valence-corrected chi connectivity index (χ1v) is 9.68. The van der Waals surface area contributed by atoms with Crippen LogP contribution in [0.1, 0.15) is 46.4 Å². The summed E-state index contributed by atoms with van der Waals surface area (Å²) in [6.45, 7) is 3.98. The molecule has 29 heavy (non-hydrogen) atoms. The number of hydrogen-bond acceptors (Lipinski definition) is 4. The van der Waals surface area contributed by atoms with E-state index in [1.807, 2.05) is 31.2 Å². The summed E-state index contributed by atoms with van der Waals surface area (Å²) < 4.78 is 6.88. The molecule has 0 aliphatic carbocycles. The second-order valence-corrected chi connectivity index (χ2v) is 7.18. The van der Waals surface area contributed by atoms with E-state index in [0.717, 1.165) is 23.4 Å². The van der Waals surface area contributed by atoms with Crippen molar-refractivity contribution in [3.8, 4) is 11.4 Å². The third-order valence-electron chi connectivity index (χ3n) is 5.38. The molecule has 6 nitrogen and oxygen atoms in total. The van der Waals surface area contributed by atoms with Crippen molar-refractivity contribution < 1.29 is 14.3 Å². The number of carbonyl (C=O) groups excluding carboxylic acids is 2. The SMILES string of the molecule is CCc1ccc(-n2nc(C)c3c2NC(=O)CC3C(=O)c2ccc(OC)cc2)cc1. The third kappa shape index (κ3) is 3.42. The van der Waals surface area contributed by atoms with Crippen molar-refractivity contribution in [1.29, 1.82) is 0 Å². The van der Waals surface area contributed by atoms with Crippen LogP contribution in [0, 0.1) is 6.92 Å². The Bertz CT molecular complexity index is 1070. The van der Waals surface area contributed by atoms with Crippen molar-refractivity contribution in [2.24, 2.45) is 0 Å². The zero-order valence-electron chi connectivity index (χ0n) is 16.7. The zero-order valence-corrected chi connectivity index (χ0v) is 16.7. The number of nitrogens with zero attached hydrogens (tertiary/aromatic N) is 2. The molecule has 1 aromatic heterocycles. The molecule has 1 amide bonds. The molecule has 3 aromatic rings. The molecule has 4 rings (SSSR count). The summed E-state index contributed by atoms with van der Waals surface area (Å²) in [7, 11) is 1.58. The van der Waals surface area contributed by atoms with Crippen LogP contribution in [0.2, 0.25) is 0 Å². The normalized spacial score (nSPS) is 15.6. The first-order chi connectivity index (χ1) is 14.0. The molecule has 0 saturated heterocycles. The van der Waals surface area contributed by atoms with Gasteiger partial charge in [-0.1, -0.05) is 19.1 Å². The Morgan fingerprint density at radius 2 is 1.86 bits per heavy atom.